The summed E-state index contributed by atoms with van der Waals surface area (Å²) in [5.41, 5.74) is 0. The van der Waals surface area contributed by atoms with Crippen molar-refractivity contribution in [2.75, 3.05) is 18.1 Å². The normalized spacial score (nSPS) is 11.6. The van der Waals surface area contributed by atoms with Gasteiger partial charge in [0.2, 0.25) is 6.41 Å². The minimum absolute atomic E-state index is 0.407. The van der Waals surface area contributed by atoms with Crippen LogP contribution in [0.5, 0.6) is 5.75 Å². The molecule has 1 rings (SSSR count). The third-order valence-corrected chi connectivity index (χ3v) is 3.34. The summed E-state index contributed by atoms with van der Waals surface area (Å²) in [6.45, 7) is 0.577. The number of carboxylic acid groups (broad SMARTS) is 1. The van der Waals surface area contributed by atoms with Gasteiger partial charge >= 0.3 is 5.97 Å². The number of nitrogens with one attached hydrogen (secondary N) is 1. The van der Waals surface area contributed by atoms with Crippen LogP contribution in [0.1, 0.15) is 6.42 Å². The van der Waals surface area contributed by atoms with Gasteiger partial charge in [-0.3, -0.25) is 4.79 Å². The third kappa shape index (κ3) is 6.71. The van der Waals surface area contributed by atoms with E-state index in [2.05, 4.69) is 5.32 Å². The van der Waals surface area contributed by atoms with Crippen molar-refractivity contribution in [3.63, 3.8) is 0 Å². The molecule has 0 aliphatic rings. The third-order valence-electron chi connectivity index (χ3n) is 2.36. The van der Waals surface area contributed by atoms with E-state index in [0.717, 1.165) is 11.5 Å². The van der Waals surface area contributed by atoms with Gasteiger partial charge in [-0.15, -0.1) is 0 Å². The zero-order valence-corrected chi connectivity index (χ0v) is 11.3. The summed E-state index contributed by atoms with van der Waals surface area (Å²) in [5, 5.41) is 11.1. The Kier molecular flexibility index (Phi) is 7.50. The van der Waals surface area contributed by atoms with Gasteiger partial charge in [-0.2, -0.15) is 11.8 Å². The predicted molar refractivity (Wildman–Crippen MR) is 74.5 cm³/mol. The Bertz CT molecular complexity index is 385. The van der Waals surface area contributed by atoms with E-state index in [-0.39, 0.29) is 0 Å². The van der Waals surface area contributed by atoms with Gasteiger partial charge in [0.05, 0.1) is 6.61 Å². The van der Waals surface area contributed by atoms with Gasteiger partial charge in [-0.05, 0) is 24.3 Å². The van der Waals surface area contributed by atoms with Crippen molar-refractivity contribution < 1.29 is 19.4 Å². The zero-order chi connectivity index (χ0) is 13.9. The summed E-state index contributed by atoms with van der Waals surface area (Å²) in [6.07, 6.45) is 0.825. The minimum atomic E-state index is -1.01. The van der Waals surface area contributed by atoms with Crippen molar-refractivity contribution in [2.24, 2.45) is 0 Å². The fraction of sp³-hybridized carbons (Fsp3) is 0.385. The summed E-state index contributed by atoms with van der Waals surface area (Å²) in [7, 11) is 0. The van der Waals surface area contributed by atoms with Gasteiger partial charge in [0.1, 0.15) is 11.8 Å². The maximum absolute atomic E-state index is 10.7. The largest absolute Gasteiger partial charge is 0.493 e. The van der Waals surface area contributed by atoms with Gasteiger partial charge < -0.3 is 15.2 Å². The van der Waals surface area contributed by atoms with Crippen LogP contribution in [0.4, 0.5) is 0 Å². The standard InChI is InChI=1S/C13H17NO4S/c15-10-14-12(13(16)17)6-8-19-9-7-18-11-4-2-1-3-5-11/h1-5,10,12H,6-9H2,(H,14,15)(H,16,17). The van der Waals surface area contributed by atoms with Gasteiger partial charge in [-0.1, -0.05) is 18.2 Å². The molecule has 0 saturated heterocycles. The maximum Gasteiger partial charge on any atom is 0.326 e. The van der Waals surface area contributed by atoms with Crippen LogP contribution in [0.15, 0.2) is 30.3 Å². The highest BCUT2D eigenvalue weighted by molar-refractivity contribution is 7.99. The summed E-state index contributed by atoms with van der Waals surface area (Å²) in [6, 6.07) is 8.71. The molecule has 1 atom stereocenters. The monoisotopic (exact) mass is 283 g/mol. The van der Waals surface area contributed by atoms with Crippen LogP contribution in [0.3, 0.4) is 0 Å². The summed E-state index contributed by atoms with van der Waals surface area (Å²) < 4.78 is 5.50. The first-order chi connectivity index (χ1) is 9.24. The van der Waals surface area contributed by atoms with Crippen LogP contribution in [-0.4, -0.2) is 41.6 Å². The molecule has 1 amide bonds. The number of para-hydroxylation sites is 1. The summed E-state index contributed by atoms with van der Waals surface area (Å²) in [5.74, 6) is 1.26. The molecule has 0 saturated carbocycles. The molecule has 0 radical (unpaired) electrons. The number of carbonyl (C=O) groups excluding carboxylic acids is 1. The first kappa shape index (κ1) is 15.4. The van der Waals surface area contributed by atoms with E-state index in [9.17, 15) is 9.59 Å². The molecule has 19 heavy (non-hydrogen) atoms. The molecule has 104 valence electrons. The van der Waals surface area contributed by atoms with E-state index < -0.39 is 12.0 Å². The van der Waals surface area contributed by atoms with Gasteiger partial charge in [-0.25, -0.2) is 4.79 Å². The second kappa shape index (κ2) is 9.27. The van der Waals surface area contributed by atoms with Crippen molar-refractivity contribution in [3.05, 3.63) is 30.3 Å². The molecule has 2 N–H and O–H groups in total. The van der Waals surface area contributed by atoms with E-state index in [1.165, 1.54) is 0 Å². The molecule has 1 aromatic rings. The lowest BCUT2D eigenvalue weighted by Gasteiger charge is -2.10. The Morgan fingerprint density at radius 2 is 2.11 bits per heavy atom. The lowest BCUT2D eigenvalue weighted by molar-refractivity contribution is -0.140. The number of aliphatic carboxylic acids is 1. The molecule has 0 aliphatic heterocycles. The molecule has 1 aromatic carbocycles. The molecular formula is C13H17NO4S. The highest BCUT2D eigenvalue weighted by Crippen LogP contribution is 2.10. The number of hydrogen-bond acceptors (Lipinski definition) is 4. The van der Waals surface area contributed by atoms with Crippen LogP contribution < -0.4 is 10.1 Å². The van der Waals surface area contributed by atoms with Gasteiger partial charge in [0.25, 0.3) is 0 Å². The molecule has 0 aliphatic carbocycles. The number of ether oxygens (including phenoxy) is 1. The number of carbonyl (C=O) groups is 2. The number of hydrogen-bond donors (Lipinski definition) is 2. The fourth-order valence-electron chi connectivity index (χ4n) is 1.40. The first-order valence-corrected chi connectivity index (χ1v) is 7.07. The van der Waals surface area contributed by atoms with Crippen LogP contribution in [0.2, 0.25) is 0 Å². The number of thioether (sulfide) groups is 1. The summed E-state index contributed by atoms with van der Waals surface area (Å²) >= 11 is 1.60. The Morgan fingerprint density at radius 1 is 1.37 bits per heavy atom. The molecule has 6 heteroatoms. The quantitative estimate of drug-likeness (QED) is 0.501. The van der Waals surface area contributed by atoms with Gasteiger partial charge in [0, 0.05) is 5.75 Å². The van der Waals surface area contributed by atoms with Crippen molar-refractivity contribution in [3.8, 4) is 5.75 Å². The number of amides is 1. The first-order valence-electron chi connectivity index (χ1n) is 5.92. The lowest BCUT2D eigenvalue weighted by atomic mass is 10.2. The Labute approximate surface area is 116 Å². The van der Waals surface area contributed by atoms with E-state index in [4.69, 9.17) is 9.84 Å². The molecule has 0 spiro atoms. The average molecular weight is 283 g/mol. The fourth-order valence-corrected chi connectivity index (χ4v) is 2.21. The molecular weight excluding hydrogens is 266 g/mol. The van der Waals surface area contributed by atoms with Crippen LogP contribution in [0.25, 0.3) is 0 Å². The average Bonchev–Trinajstić information content (AvgIpc) is 2.42. The minimum Gasteiger partial charge on any atom is -0.493 e. The Morgan fingerprint density at radius 3 is 2.74 bits per heavy atom. The summed E-state index contributed by atoms with van der Waals surface area (Å²) in [4.78, 5) is 20.9. The van der Waals surface area contributed by atoms with Gasteiger partial charge in [0.15, 0.2) is 0 Å². The second-order valence-corrected chi connectivity index (χ2v) is 4.96. The van der Waals surface area contributed by atoms with E-state index in [1.807, 2.05) is 30.3 Å². The molecule has 0 aromatic heterocycles. The van der Waals surface area contributed by atoms with Crippen LogP contribution in [0, 0.1) is 0 Å². The number of benzene rings is 1. The van der Waals surface area contributed by atoms with Crippen LogP contribution >= 0.6 is 11.8 Å². The predicted octanol–water partition coefficient (Wildman–Crippen LogP) is 1.39. The van der Waals surface area contributed by atoms with Crippen molar-refractivity contribution in [1.82, 2.24) is 5.32 Å². The molecule has 1 unspecified atom stereocenters. The SMILES string of the molecule is O=CNC(CCSCCOc1ccccc1)C(=O)O. The molecule has 5 nitrogen and oxygen atoms in total. The van der Waals surface area contributed by atoms with Crippen molar-refractivity contribution in [1.29, 1.82) is 0 Å². The molecule has 0 bridgehead atoms. The molecule has 0 heterocycles. The Hall–Kier alpha value is -1.69. The zero-order valence-electron chi connectivity index (χ0n) is 10.5. The van der Waals surface area contributed by atoms with E-state index in [1.54, 1.807) is 11.8 Å². The van der Waals surface area contributed by atoms with Crippen LogP contribution in [-0.2, 0) is 9.59 Å². The molecule has 0 fully saturated rings. The lowest BCUT2D eigenvalue weighted by Crippen LogP contribution is -2.36. The van der Waals surface area contributed by atoms with E-state index >= 15 is 0 Å². The van der Waals surface area contributed by atoms with Crippen molar-refractivity contribution >= 4 is 24.1 Å². The number of rotatable bonds is 10. The van der Waals surface area contributed by atoms with E-state index in [0.29, 0.717) is 25.2 Å². The maximum atomic E-state index is 10.7. The second-order valence-electron chi connectivity index (χ2n) is 3.74. The number of carboxylic acids is 1. The van der Waals surface area contributed by atoms with Crippen molar-refractivity contribution in [2.45, 2.75) is 12.5 Å². The Balaban J connectivity index is 2.07. The highest BCUT2D eigenvalue weighted by atomic mass is 32.2. The topological polar surface area (TPSA) is 75.6 Å². The highest BCUT2D eigenvalue weighted by Gasteiger charge is 2.15. The smallest absolute Gasteiger partial charge is 0.326 e.